The molecule has 0 spiro atoms. The minimum atomic E-state index is -0.0198. The molecule has 0 radical (unpaired) electrons. The highest BCUT2D eigenvalue weighted by Crippen LogP contribution is 2.24. The molecule has 0 atom stereocenters. The Balaban J connectivity index is 2.14. The monoisotopic (exact) mass is 228 g/mol. The third-order valence-corrected chi connectivity index (χ3v) is 3.50. The quantitative estimate of drug-likeness (QED) is 0.813. The third-order valence-electron chi connectivity index (χ3n) is 3.50. The first-order chi connectivity index (χ1) is 8.24. The van der Waals surface area contributed by atoms with Crippen LogP contribution in [0.25, 0.3) is 10.9 Å². The van der Waals surface area contributed by atoms with Gasteiger partial charge in [0.2, 0.25) is 5.56 Å². The molecule has 0 saturated carbocycles. The molecular formula is C14H16N2O. The lowest BCUT2D eigenvalue weighted by Crippen LogP contribution is -2.17. The van der Waals surface area contributed by atoms with Gasteiger partial charge in [-0.1, -0.05) is 6.07 Å². The summed E-state index contributed by atoms with van der Waals surface area (Å²) in [4.78, 5) is 16.8. The highest BCUT2D eigenvalue weighted by atomic mass is 16.1. The van der Waals surface area contributed by atoms with E-state index in [0.717, 1.165) is 29.6 Å². The van der Waals surface area contributed by atoms with Crippen LogP contribution in [0.1, 0.15) is 18.4 Å². The van der Waals surface area contributed by atoms with Crippen molar-refractivity contribution in [2.75, 3.05) is 18.0 Å². The van der Waals surface area contributed by atoms with Crippen LogP contribution in [0, 0.1) is 6.92 Å². The Labute approximate surface area is 100 Å². The molecule has 0 unspecified atom stereocenters. The van der Waals surface area contributed by atoms with Crippen LogP contribution in [-0.2, 0) is 0 Å². The molecule has 1 aliphatic rings. The van der Waals surface area contributed by atoms with Gasteiger partial charge in [-0.3, -0.25) is 4.79 Å². The molecular weight excluding hydrogens is 212 g/mol. The predicted molar refractivity (Wildman–Crippen MR) is 70.8 cm³/mol. The SMILES string of the molecule is Cc1cc(=O)[nH]c2cc(N3CCCC3)ccc12. The Morgan fingerprint density at radius 2 is 1.94 bits per heavy atom. The van der Waals surface area contributed by atoms with E-state index in [4.69, 9.17) is 0 Å². The average molecular weight is 228 g/mol. The fraction of sp³-hybridized carbons (Fsp3) is 0.357. The van der Waals surface area contributed by atoms with Crippen LogP contribution < -0.4 is 10.5 Å². The minimum absolute atomic E-state index is 0.0198. The fourth-order valence-corrected chi connectivity index (χ4v) is 2.59. The van der Waals surface area contributed by atoms with Crippen molar-refractivity contribution >= 4 is 16.6 Å². The summed E-state index contributed by atoms with van der Waals surface area (Å²) in [6.45, 7) is 4.23. The molecule has 1 saturated heterocycles. The summed E-state index contributed by atoms with van der Waals surface area (Å²) in [5.41, 5.74) is 3.18. The summed E-state index contributed by atoms with van der Waals surface area (Å²) in [5.74, 6) is 0. The molecule has 1 aromatic heterocycles. The van der Waals surface area contributed by atoms with Crippen molar-refractivity contribution in [2.45, 2.75) is 19.8 Å². The number of nitrogens with one attached hydrogen (secondary N) is 1. The van der Waals surface area contributed by atoms with E-state index in [-0.39, 0.29) is 5.56 Å². The number of hydrogen-bond acceptors (Lipinski definition) is 2. The summed E-state index contributed by atoms with van der Waals surface area (Å²) >= 11 is 0. The zero-order chi connectivity index (χ0) is 11.8. The number of aromatic nitrogens is 1. The molecule has 3 nitrogen and oxygen atoms in total. The van der Waals surface area contributed by atoms with Gasteiger partial charge in [0.1, 0.15) is 0 Å². The Bertz CT molecular complexity index is 609. The lowest BCUT2D eigenvalue weighted by Gasteiger charge is -2.18. The molecule has 3 heteroatoms. The van der Waals surface area contributed by atoms with E-state index in [9.17, 15) is 4.79 Å². The lowest BCUT2D eigenvalue weighted by atomic mass is 10.1. The number of H-pyrrole nitrogens is 1. The molecule has 1 aliphatic heterocycles. The van der Waals surface area contributed by atoms with E-state index in [1.54, 1.807) is 6.07 Å². The van der Waals surface area contributed by atoms with Gasteiger partial charge in [0, 0.05) is 30.2 Å². The zero-order valence-corrected chi connectivity index (χ0v) is 9.99. The first-order valence-corrected chi connectivity index (χ1v) is 6.13. The molecule has 1 aromatic carbocycles. The molecule has 2 aromatic rings. The van der Waals surface area contributed by atoms with E-state index >= 15 is 0 Å². The van der Waals surface area contributed by atoms with Crippen LogP contribution in [0.15, 0.2) is 29.1 Å². The van der Waals surface area contributed by atoms with Crippen LogP contribution in [0.5, 0.6) is 0 Å². The van der Waals surface area contributed by atoms with Crippen molar-refractivity contribution in [1.29, 1.82) is 0 Å². The number of rotatable bonds is 1. The van der Waals surface area contributed by atoms with Crippen LogP contribution in [-0.4, -0.2) is 18.1 Å². The van der Waals surface area contributed by atoms with Crippen molar-refractivity contribution in [3.8, 4) is 0 Å². The Morgan fingerprint density at radius 1 is 1.18 bits per heavy atom. The third kappa shape index (κ3) is 1.82. The number of aromatic amines is 1. The lowest BCUT2D eigenvalue weighted by molar-refractivity contribution is 0.949. The molecule has 2 heterocycles. The van der Waals surface area contributed by atoms with E-state index in [2.05, 4.69) is 28.1 Å². The molecule has 1 N–H and O–H groups in total. The van der Waals surface area contributed by atoms with E-state index in [1.807, 2.05) is 6.92 Å². The standard InChI is InChI=1S/C14H16N2O/c1-10-8-14(17)15-13-9-11(4-5-12(10)13)16-6-2-3-7-16/h4-5,8-9H,2-3,6-7H2,1H3,(H,15,17). The van der Waals surface area contributed by atoms with Gasteiger partial charge in [-0.2, -0.15) is 0 Å². The number of nitrogens with zero attached hydrogens (tertiary/aromatic N) is 1. The summed E-state index contributed by atoms with van der Waals surface area (Å²) in [5, 5.41) is 1.13. The maximum absolute atomic E-state index is 11.5. The van der Waals surface area contributed by atoms with Gasteiger partial charge in [0.05, 0.1) is 5.52 Å². The Kier molecular flexibility index (Phi) is 2.39. The second-order valence-electron chi connectivity index (χ2n) is 4.74. The van der Waals surface area contributed by atoms with Gasteiger partial charge in [-0.25, -0.2) is 0 Å². The largest absolute Gasteiger partial charge is 0.371 e. The number of hydrogen-bond donors (Lipinski definition) is 1. The number of aryl methyl sites for hydroxylation is 1. The van der Waals surface area contributed by atoms with Crippen molar-refractivity contribution in [1.82, 2.24) is 4.98 Å². The molecule has 17 heavy (non-hydrogen) atoms. The summed E-state index contributed by atoms with van der Waals surface area (Å²) in [6.07, 6.45) is 2.53. The second-order valence-corrected chi connectivity index (χ2v) is 4.74. The summed E-state index contributed by atoms with van der Waals surface area (Å²) in [6, 6.07) is 8.00. The van der Waals surface area contributed by atoms with Gasteiger partial charge in [-0.15, -0.1) is 0 Å². The van der Waals surface area contributed by atoms with Gasteiger partial charge >= 0.3 is 0 Å². The van der Waals surface area contributed by atoms with Crippen molar-refractivity contribution < 1.29 is 0 Å². The Morgan fingerprint density at radius 3 is 2.71 bits per heavy atom. The first-order valence-electron chi connectivity index (χ1n) is 6.13. The topological polar surface area (TPSA) is 36.1 Å². The predicted octanol–water partition coefficient (Wildman–Crippen LogP) is 2.44. The number of benzene rings is 1. The average Bonchev–Trinajstić information content (AvgIpc) is 2.81. The number of anilines is 1. The molecule has 88 valence electrons. The van der Waals surface area contributed by atoms with Crippen molar-refractivity contribution in [3.05, 3.63) is 40.2 Å². The number of pyridine rings is 1. The van der Waals surface area contributed by atoms with Gasteiger partial charge in [-0.05, 0) is 37.5 Å². The van der Waals surface area contributed by atoms with Crippen LogP contribution >= 0.6 is 0 Å². The smallest absolute Gasteiger partial charge is 0.248 e. The molecule has 0 bridgehead atoms. The summed E-state index contributed by atoms with van der Waals surface area (Å²) in [7, 11) is 0. The van der Waals surface area contributed by atoms with Crippen LogP contribution in [0.3, 0.4) is 0 Å². The van der Waals surface area contributed by atoms with E-state index in [1.165, 1.54) is 18.5 Å². The van der Waals surface area contributed by atoms with E-state index in [0.29, 0.717) is 0 Å². The van der Waals surface area contributed by atoms with Crippen LogP contribution in [0.2, 0.25) is 0 Å². The minimum Gasteiger partial charge on any atom is -0.371 e. The Hall–Kier alpha value is -1.77. The second kappa shape index (κ2) is 3.91. The highest BCUT2D eigenvalue weighted by Gasteiger charge is 2.12. The zero-order valence-electron chi connectivity index (χ0n) is 9.99. The molecule has 3 rings (SSSR count). The maximum Gasteiger partial charge on any atom is 0.248 e. The molecule has 1 fully saturated rings. The first kappa shape index (κ1) is 10.4. The molecule has 0 aliphatic carbocycles. The van der Waals surface area contributed by atoms with Gasteiger partial charge < -0.3 is 9.88 Å². The highest BCUT2D eigenvalue weighted by molar-refractivity contribution is 5.85. The molecule has 0 amide bonds. The summed E-state index contributed by atoms with van der Waals surface area (Å²) < 4.78 is 0. The van der Waals surface area contributed by atoms with Crippen molar-refractivity contribution in [2.24, 2.45) is 0 Å². The van der Waals surface area contributed by atoms with Crippen molar-refractivity contribution in [3.63, 3.8) is 0 Å². The van der Waals surface area contributed by atoms with Gasteiger partial charge in [0.15, 0.2) is 0 Å². The normalized spacial score (nSPS) is 15.7. The number of fused-ring (bicyclic) bond motifs is 1. The van der Waals surface area contributed by atoms with Gasteiger partial charge in [0.25, 0.3) is 0 Å². The maximum atomic E-state index is 11.5. The van der Waals surface area contributed by atoms with E-state index < -0.39 is 0 Å². The fourth-order valence-electron chi connectivity index (χ4n) is 2.59. The van der Waals surface area contributed by atoms with Crippen LogP contribution in [0.4, 0.5) is 5.69 Å².